The van der Waals surface area contributed by atoms with Gasteiger partial charge in [-0.25, -0.2) is 9.97 Å². The van der Waals surface area contributed by atoms with Crippen molar-refractivity contribution in [3.8, 4) is 0 Å². The van der Waals surface area contributed by atoms with Gasteiger partial charge < -0.3 is 15.1 Å². The predicted molar refractivity (Wildman–Crippen MR) is 94.9 cm³/mol. The van der Waals surface area contributed by atoms with E-state index in [4.69, 9.17) is 0 Å². The van der Waals surface area contributed by atoms with Gasteiger partial charge in [0.1, 0.15) is 0 Å². The monoisotopic (exact) mass is 343 g/mol. The summed E-state index contributed by atoms with van der Waals surface area (Å²) in [4.78, 5) is 36.5. The van der Waals surface area contributed by atoms with Gasteiger partial charge in [0.25, 0.3) is 0 Å². The van der Waals surface area contributed by atoms with Crippen LogP contribution in [0.5, 0.6) is 0 Å². The first kappa shape index (κ1) is 17.4. The van der Waals surface area contributed by atoms with Crippen LogP contribution in [0.2, 0.25) is 0 Å². The minimum absolute atomic E-state index is 0.0804. The van der Waals surface area contributed by atoms with Crippen LogP contribution in [0.3, 0.4) is 0 Å². The number of carbonyl (C=O) groups excluding carboxylic acids is 2. The van der Waals surface area contributed by atoms with Gasteiger partial charge in [0.15, 0.2) is 0 Å². The molecule has 134 valence electrons. The molecular formula is C18H25N5O2. The number of hydrogen-bond donors (Lipinski definition) is 1. The molecule has 1 aromatic rings. The molecule has 7 nitrogen and oxygen atoms in total. The number of amides is 2. The topological polar surface area (TPSA) is 78.4 Å². The molecule has 0 bridgehead atoms. The van der Waals surface area contributed by atoms with Crippen LogP contribution >= 0.6 is 0 Å². The smallest absolute Gasteiger partial charge is 0.243 e. The molecule has 0 unspecified atom stereocenters. The molecule has 1 aromatic heterocycles. The summed E-state index contributed by atoms with van der Waals surface area (Å²) in [5, 5.41) is 2.81. The van der Waals surface area contributed by atoms with E-state index in [-0.39, 0.29) is 11.8 Å². The number of anilines is 1. The summed E-state index contributed by atoms with van der Waals surface area (Å²) in [6.07, 6.45) is 7.83. The van der Waals surface area contributed by atoms with Crippen molar-refractivity contribution in [3.63, 3.8) is 0 Å². The zero-order valence-corrected chi connectivity index (χ0v) is 14.6. The summed E-state index contributed by atoms with van der Waals surface area (Å²) in [5.74, 6) is 1.29. The fourth-order valence-corrected chi connectivity index (χ4v) is 2.98. The molecular weight excluding hydrogens is 318 g/mol. The number of nitrogens with zero attached hydrogens (tertiary/aromatic N) is 4. The second-order valence-corrected chi connectivity index (χ2v) is 6.62. The first-order valence-corrected chi connectivity index (χ1v) is 8.89. The van der Waals surface area contributed by atoms with E-state index in [1.807, 2.05) is 11.8 Å². The number of piperazine rings is 1. The Morgan fingerprint density at radius 3 is 2.52 bits per heavy atom. The van der Waals surface area contributed by atoms with Gasteiger partial charge >= 0.3 is 0 Å². The lowest BCUT2D eigenvalue weighted by molar-refractivity contribution is -0.131. The molecule has 1 aliphatic heterocycles. The van der Waals surface area contributed by atoms with Crippen molar-refractivity contribution < 1.29 is 9.59 Å². The number of carbonyl (C=O) groups is 2. The Morgan fingerprint density at radius 1 is 1.20 bits per heavy atom. The van der Waals surface area contributed by atoms with Gasteiger partial charge in [0.2, 0.25) is 17.8 Å². The second kappa shape index (κ2) is 8.09. The molecule has 0 radical (unpaired) electrons. The molecule has 0 spiro atoms. The lowest BCUT2D eigenvalue weighted by Crippen LogP contribution is -2.49. The average molecular weight is 343 g/mol. The fraction of sp³-hybridized carbons (Fsp3) is 0.556. The molecule has 7 heteroatoms. The molecule has 1 N–H and O–H groups in total. The third-order valence-electron chi connectivity index (χ3n) is 4.69. The second-order valence-electron chi connectivity index (χ2n) is 6.62. The van der Waals surface area contributed by atoms with Gasteiger partial charge in [-0.1, -0.05) is 5.57 Å². The Balaban J connectivity index is 1.36. The van der Waals surface area contributed by atoms with E-state index in [0.29, 0.717) is 37.9 Å². The quantitative estimate of drug-likeness (QED) is 0.779. The lowest BCUT2D eigenvalue weighted by atomic mass is 10.2. The van der Waals surface area contributed by atoms with Crippen LogP contribution in [0.15, 0.2) is 30.1 Å². The molecule has 0 atom stereocenters. The minimum atomic E-state index is -0.0942. The predicted octanol–water partition coefficient (Wildman–Crippen LogP) is 0.988. The highest BCUT2D eigenvalue weighted by Crippen LogP contribution is 2.35. The Hall–Kier alpha value is -2.44. The van der Waals surface area contributed by atoms with Crippen LogP contribution in [0, 0.1) is 5.92 Å². The molecule has 25 heavy (non-hydrogen) atoms. The van der Waals surface area contributed by atoms with Crippen molar-refractivity contribution in [1.29, 1.82) is 0 Å². The number of aromatic nitrogens is 2. The van der Waals surface area contributed by atoms with E-state index in [2.05, 4.69) is 20.2 Å². The fourth-order valence-electron chi connectivity index (χ4n) is 2.98. The summed E-state index contributed by atoms with van der Waals surface area (Å²) in [6, 6.07) is 1.79. The standard InChI is InChI=1S/C18H25N5O2/c1-14(15-3-4-15)13-16(24)19-8-5-17(25)22-9-11-23(12-10-22)18-20-6-2-7-21-18/h2,6-7,13,15H,3-5,8-12H2,1H3,(H,19,24)/b14-13+. The van der Waals surface area contributed by atoms with Crippen LogP contribution in [-0.4, -0.2) is 59.4 Å². The maximum absolute atomic E-state index is 12.3. The lowest BCUT2D eigenvalue weighted by Gasteiger charge is -2.34. The highest BCUT2D eigenvalue weighted by atomic mass is 16.2. The van der Waals surface area contributed by atoms with E-state index in [9.17, 15) is 9.59 Å². The van der Waals surface area contributed by atoms with Crippen molar-refractivity contribution in [2.45, 2.75) is 26.2 Å². The first-order chi connectivity index (χ1) is 12.1. The van der Waals surface area contributed by atoms with E-state index in [1.54, 1.807) is 24.5 Å². The summed E-state index contributed by atoms with van der Waals surface area (Å²) in [6.45, 7) is 5.15. The highest BCUT2D eigenvalue weighted by molar-refractivity contribution is 5.88. The average Bonchev–Trinajstić information content (AvgIpc) is 3.48. The summed E-state index contributed by atoms with van der Waals surface area (Å²) in [7, 11) is 0. The largest absolute Gasteiger partial charge is 0.352 e. The minimum Gasteiger partial charge on any atom is -0.352 e. The maximum atomic E-state index is 12.3. The van der Waals surface area contributed by atoms with Gasteiger partial charge in [0, 0.05) is 57.6 Å². The van der Waals surface area contributed by atoms with Crippen LogP contribution < -0.4 is 10.2 Å². The normalized spacial score (nSPS) is 18.2. The molecule has 2 heterocycles. The molecule has 1 aliphatic carbocycles. The van der Waals surface area contributed by atoms with Crippen molar-refractivity contribution >= 4 is 17.8 Å². The van der Waals surface area contributed by atoms with Crippen molar-refractivity contribution in [2.24, 2.45) is 5.92 Å². The van der Waals surface area contributed by atoms with E-state index in [1.165, 1.54) is 12.8 Å². The summed E-state index contributed by atoms with van der Waals surface area (Å²) >= 11 is 0. The van der Waals surface area contributed by atoms with Crippen LogP contribution in [-0.2, 0) is 9.59 Å². The van der Waals surface area contributed by atoms with Gasteiger partial charge in [-0.3, -0.25) is 9.59 Å². The van der Waals surface area contributed by atoms with Crippen LogP contribution in [0.1, 0.15) is 26.2 Å². The van der Waals surface area contributed by atoms with Gasteiger partial charge in [0.05, 0.1) is 0 Å². The molecule has 1 saturated heterocycles. The molecule has 2 fully saturated rings. The molecule has 2 aliphatic rings. The highest BCUT2D eigenvalue weighted by Gasteiger charge is 2.24. The van der Waals surface area contributed by atoms with Crippen molar-refractivity contribution in [2.75, 3.05) is 37.6 Å². The van der Waals surface area contributed by atoms with Gasteiger partial charge in [-0.15, -0.1) is 0 Å². The third kappa shape index (κ3) is 5.01. The number of hydrogen-bond acceptors (Lipinski definition) is 5. The van der Waals surface area contributed by atoms with Gasteiger partial charge in [-0.2, -0.15) is 0 Å². The Labute approximate surface area is 148 Å². The van der Waals surface area contributed by atoms with E-state index >= 15 is 0 Å². The Kier molecular flexibility index (Phi) is 5.63. The molecule has 3 rings (SSSR count). The van der Waals surface area contributed by atoms with E-state index in [0.717, 1.165) is 18.7 Å². The summed E-state index contributed by atoms with van der Waals surface area (Å²) < 4.78 is 0. The maximum Gasteiger partial charge on any atom is 0.243 e. The zero-order chi connectivity index (χ0) is 17.6. The Morgan fingerprint density at radius 2 is 1.88 bits per heavy atom. The van der Waals surface area contributed by atoms with Crippen molar-refractivity contribution in [3.05, 3.63) is 30.1 Å². The zero-order valence-electron chi connectivity index (χ0n) is 14.6. The molecule has 2 amide bonds. The number of nitrogens with one attached hydrogen (secondary N) is 1. The number of allylic oxidation sites excluding steroid dienone is 1. The molecule has 1 saturated carbocycles. The summed E-state index contributed by atoms with van der Waals surface area (Å²) in [5.41, 5.74) is 1.14. The third-order valence-corrected chi connectivity index (χ3v) is 4.69. The SMILES string of the molecule is C/C(=C\C(=O)NCCC(=O)N1CCN(c2ncccn2)CC1)C1CC1. The first-order valence-electron chi connectivity index (χ1n) is 8.89. The Bertz CT molecular complexity index is 634. The van der Waals surface area contributed by atoms with Crippen molar-refractivity contribution in [1.82, 2.24) is 20.2 Å². The van der Waals surface area contributed by atoms with Crippen LogP contribution in [0.4, 0.5) is 5.95 Å². The van der Waals surface area contributed by atoms with Crippen LogP contribution in [0.25, 0.3) is 0 Å². The van der Waals surface area contributed by atoms with E-state index < -0.39 is 0 Å². The van der Waals surface area contributed by atoms with Gasteiger partial charge in [-0.05, 0) is 31.7 Å². The number of rotatable bonds is 6. The molecule has 0 aromatic carbocycles.